The summed E-state index contributed by atoms with van der Waals surface area (Å²) in [4.78, 5) is 4.24. The minimum absolute atomic E-state index is 0. The third kappa shape index (κ3) is 4.31. The molecule has 0 saturated carbocycles. The van der Waals surface area contributed by atoms with Crippen molar-refractivity contribution in [3.63, 3.8) is 0 Å². The van der Waals surface area contributed by atoms with Gasteiger partial charge in [0.2, 0.25) is 0 Å². The van der Waals surface area contributed by atoms with E-state index in [1.807, 2.05) is 0 Å². The Morgan fingerprint density at radius 2 is 2.23 bits per heavy atom. The van der Waals surface area contributed by atoms with Gasteiger partial charge in [-0.25, -0.2) is 0 Å². The van der Waals surface area contributed by atoms with Crippen molar-refractivity contribution in [3.8, 4) is 0 Å². The first-order chi connectivity index (χ1) is 10.4. The molecule has 7 nitrogen and oxygen atoms in total. The van der Waals surface area contributed by atoms with E-state index in [0.717, 1.165) is 56.6 Å². The zero-order valence-electron chi connectivity index (χ0n) is 13.0. The number of fused-ring (bicyclic) bond motifs is 1. The summed E-state index contributed by atoms with van der Waals surface area (Å²) in [7, 11) is 1.78. The lowest BCUT2D eigenvalue weighted by molar-refractivity contribution is 0.114. The first-order valence-electron chi connectivity index (χ1n) is 7.84. The summed E-state index contributed by atoms with van der Waals surface area (Å²) in [5, 5.41) is 15.2. The highest BCUT2D eigenvalue weighted by Crippen LogP contribution is 2.14. The molecule has 22 heavy (non-hydrogen) atoms. The van der Waals surface area contributed by atoms with Crippen LogP contribution in [0.25, 0.3) is 0 Å². The molecule has 0 aromatic carbocycles. The Morgan fingerprint density at radius 1 is 1.32 bits per heavy atom. The van der Waals surface area contributed by atoms with Crippen molar-refractivity contribution in [3.05, 3.63) is 11.6 Å². The number of hydrogen-bond donors (Lipinski definition) is 2. The van der Waals surface area contributed by atoms with Gasteiger partial charge in [0.25, 0.3) is 0 Å². The second-order valence-corrected chi connectivity index (χ2v) is 5.58. The molecule has 124 valence electrons. The number of nitrogens with one attached hydrogen (secondary N) is 2. The van der Waals surface area contributed by atoms with Crippen molar-refractivity contribution in [1.29, 1.82) is 0 Å². The fourth-order valence-corrected chi connectivity index (χ4v) is 2.90. The molecule has 0 bridgehead atoms. The highest BCUT2D eigenvalue weighted by Gasteiger charge is 2.17. The highest BCUT2D eigenvalue weighted by atomic mass is 127. The normalized spacial score (nSPS) is 21.1. The summed E-state index contributed by atoms with van der Waals surface area (Å²) in [6.07, 6.45) is 6.06. The van der Waals surface area contributed by atoms with E-state index in [4.69, 9.17) is 4.74 Å². The molecule has 8 heteroatoms. The van der Waals surface area contributed by atoms with Crippen LogP contribution < -0.4 is 10.6 Å². The lowest BCUT2D eigenvalue weighted by atomic mass is 10.2. The van der Waals surface area contributed by atoms with Gasteiger partial charge in [0, 0.05) is 33.2 Å². The van der Waals surface area contributed by atoms with Gasteiger partial charge < -0.3 is 19.9 Å². The minimum atomic E-state index is 0. The van der Waals surface area contributed by atoms with Gasteiger partial charge in [-0.3, -0.25) is 4.99 Å². The van der Waals surface area contributed by atoms with Crippen molar-refractivity contribution < 1.29 is 4.74 Å². The van der Waals surface area contributed by atoms with Crippen molar-refractivity contribution in [2.75, 3.05) is 20.2 Å². The lowest BCUT2D eigenvalue weighted by Gasteiger charge is -2.17. The molecule has 0 spiro atoms. The lowest BCUT2D eigenvalue weighted by Crippen LogP contribution is -2.41. The van der Waals surface area contributed by atoms with E-state index in [2.05, 4.69) is 30.4 Å². The predicted molar refractivity (Wildman–Crippen MR) is 95.6 cm³/mol. The maximum absolute atomic E-state index is 5.60. The molecule has 2 N–H and O–H groups in total. The molecule has 1 unspecified atom stereocenters. The van der Waals surface area contributed by atoms with Gasteiger partial charge in [-0.1, -0.05) is 0 Å². The van der Waals surface area contributed by atoms with Crippen LogP contribution in [0, 0.1) is 0 Å². The summed E-state index contributed by atoms with van der Waals surface area (Å²) in [5.41, 5.74) is 0. The van der Waals surface area contributed by atoms with Gasteiger partial charge in [0.1, 0.15) is 5.82 Å². The maximum Gasteiger partial charge on any atom is 0.191 e. The number of aryl methyl sites for hydroxylation is 1. The molecule has 1 atom stereocenters. The Morgan fingerprint density at radius 3 is 3.00 bits per heavy atom. The Hall–Kier alpha value is -0.900. The van der Waals surface area contributed by atoms with Gasteiger partial charge in [0.05, 0.1) is 12.6 Å². The van der Waals surface area contributed by atoms with E-state index in [1.165, 1.54) is 12.8 Å². The average molecular weight is 420 g/mol. The van der Waals surface area contributed by atoms with Crippen LogP contribution in [0.15, 0.2) is 4.99 Å². The maximum atomic E-state index is 5.60. The van der Waals surface area contributed by atoms with Crippen LogP contribution in [0.3, 0.4) is 0 Å². The molecule has 3 rings (SSSR count). The van der Waals surface area contributed by atoms with Gasteiger partial charge >= 0.3 is 0 Å². The summed E-state index contributed by atoms with van der Waals surface area (Å²) >= 11 is 0. The average Bonchev–Trinajstić information content (AvgIpc) is 3.17. The van der Waals surface area contributed by atoms with Crippen LogP contribution in [0.4, 0.5) is 0 Å². The van der Waals surface area contributed by atoms with Crippen molar-refractivity contribution >= 4 is 29.9 Å². The second kappa shape index (κ2) is 8.66. The number of nitrogens with zero attached hydrogens (tertiary/aromatic N) is 4. The van der Waals surface area contributed by atoms with Crippen LogP contribution in [-0.2, 0) is 24.2 Å². The van der Waals surface area contributed by atoms with Crippen LogP contribution in [0.5, 0.6) is 0 Å². The van der Waals surface area contributed by atoms with Crippen LogP contribution in [-0.4, -0.2) is 47.0 Å². The van der Waals surface area contributed by atoms with E-state index in [9.17, 15) is 0 Å². The standard InChI is InChI=1S/C14H24N6O.HI/c1-15-14(16-9-11-5-4-8-21-11)17-10-13-19-18-12-6-2-3-7-20(12)13;/h11H,2-10H2,1H3,(H2,15,16,17);1H. The minimum Gasteiger partial charge on any atom is -0.376 e. The summed E-state index contributed by atoms with van der Waals surface area (Å²) in [6.45, 7) is 3.36. The number of halogens is 1. The van der Waals surface area contributed by atoms with Crippen LogP contribution in [0.1, 0.15) is 37.3 Å². The number of aliphatic imine (C=N–C) groups is 1. The molecular formula is C14H25IN6O. The molecule has 2 aliphatic heterocycles. The quantitative estimate of drug-likeness (QED) is 0.433. The largest absolute Gasteiger partial charge is 0.376 e. The molecule has 1 aromatic heterocycles. The smallest absolute Gasteiger partial charge is 0.191 e. The number of aromatic nitrogens is 3. The Bertz CT molecular complexity index is 498. The van der Waals surface area contributed by atoms with Crippen LogP contribution >= 0.6 is 24.0 Å². The molecule has 1 aromatic rings. The first-order valence-corrected chi connectivity index (χ1v) is 7.84. The number of rotatable bonds is 4. The second-order valence-electron chi connectivity index (χ2n) is 5.58. The predicted octanol–water partition coefficient (Wildman–Crippen LogP) is 1.08. The topological polar surface area (TPSA) is 76.4 Å². The van der Waals surface area contributed by atoms with Crippen molar-refractivity contribution in [2.45, 2.75) is 51.3 Å². The van der Waals surface area contributed by atoms with Crippen molar-refractivity contribution in [1.82, 2.24) is 25.4 Å². The Labute approximate surface area is 148 Å². The zero-order valence-corrected chi connectivity index (χ0v) is 15.4. The van der Waals surface area contributed by atoms with E-state index < -0.39 is 0 Å². The Balaban J connectivity index is 0.00000176. The SMILES string of the molecule is CN=C(NCc1nnc2n1CCCC2)NCC1CCCO1.I. The van der Waals surface area contributed by atoms with E-state index >= 15 is 0 Å². The molecule has 0 radical (unpaired) electrons. The zero-order chi connectivity index (χ0) is 14.5. The Kier molecular flexibility index (Phi) is 6.87. The van der Waals surface area contributed by atoms with Gasteiger partial charge in [-0.2, -0.15) is 0 Å². The van der Waals surface area contributed by atoms with Gasteiger partial charge in [-0.15, -0.1) is 34.2 Å². The molecule has 0 amide bonds. The third-order valence-electron chi connectivity index (χ3n) is 4.09. The van der Waals surface area contributed by atoms with Crippen molar-refractivity contribution in [2.24, 2.45) is 4.99 Å². The number of ether oxygens (including phenoxy) is 1. The summed E-state index contributed by atoms with van der Waals surface area (Å²) < 4.78 is 7.83. The monoisotopic (exact) mass is 420 g/mol. The third-order valence-corrected chi connectivity index (χ3v) is 4.09. The summed E-state index contributed by atoms with van der Waals surface area (Å²) in [6, 6.07) is 0. The molecule has 2 aliphatic rings. The molecule has 0 aliphatic carbocycles. The number of hydrogen-bond acceptors (Lipinski definition) is 4. The van der Waals surface area contributed by atoms with E-state index in [1.54, 1.807) is 7.05 Å². The first kappa shape index (κ1) is 17.5. The molecule has 1 fully saturated rings. The van der Waals surface area contributed by atoms with E-state index in [0.29, 0.717) is 12.6 Å². The highest BCUT2D eigenvalue weighted by molar-refractivity contribution is 14.0. The summed E-state index contributed by atoms with van der Waals surface area (Å²) in [5.74, 6) is 2.89. The number of guanidine groups is 1. The molecule has 3 heterocycles. The fraction of sp³-hybridized carbons (Fsp3) is 0.786. The van der Waals surface area contributed by atoms with Gasteiger partial charge in [0.15, 0.2) is 11.8 Å². The molecular weight excluding hydrogens is 395 g/mol. The van der Waals surface area contributed by atoms with Crippen LogP contribution in [0.2, 0.25) is 0 Å². The van der Waals surface area contributed by atoms with Gasteiger partial charge in [-0.05, 0) is 25.7 Å². The van der Waals surface area contributed by atoms with E-state index in [-0.39, 0.29) is 24.0 Å². The fourth-order valence-electron chi connectivity index (χ4n) is 2.90. The molecule has 1 saturated heterocycles.